The van der Waals surface area contributed by atoms with E-state index in [9.17, 15) is 4.79 Å². The fourth-order valence-corrected chi connectivity index (χ4v) is 4.54. The van der Waals surface area contributed by atoms with E-state index >= 15 is 0 Å². The van der Waals surface area contributed by atoms with E-state index in [1.807, 2.05) is 35.2 Å². The number of aromatic nitrogens is 1. The molecule has 1 atom stereocenters. The second-order valence-corrected chi connectivity index (χ2v) is 8.74. The third-order valence-electron chi connectivity index (χ3n) is 6.18. The number of carbonyl (C=O) groups is 1. The molecular weight excluding hydrogens is 350 g/mol. The van der Waals surface area contributed by atoms with E-state index in [1.54, 1.807) is 0 Å². The highest BCUT2D eigenvalue weighted by Gasteiger charge is 2.49. The van der Waals surface area contributed by atoms with Gasteiger partial charge in [-0.05, 0) is 36.0 Å². The minimum absolute atomic E-state index is 0.189. The lowest BCUT2D eigenvalue weighted by molar-refractivity contribution is 0.0000718. The molecule has 1 aromatic carbocycles. The topological polar surface area (TPSA) is 46.5 Å². The Bertz CT molecular complexity index is 791. The maximum absolute atomic E-state index is 12.4. The number of benzene rings is 1. The van der Waals surface area contributed by atoms with Crippen LogP contribution in [0.15, 0.2) is 48.8 Å². The van der Waals surface area contributed by atoms with Crippen LogP contribution < -0.4 is 5.32 Å². The number of amides is 1. The summed E-state index contributed by atoms with van der Waals surface area (Å²) in [5.74, 6) is 0.647. The predicted molar refractivity (Wildman–Crippen MR) is 110 cm³/mol. The van der Waals surface area contributed by atoms with Gasteiger partial charge in [-0.3, -0.25) is 0 Å². The third-order valence-corrected chi connectivity index (χ3v) is 6.18. The minimum atomic E-state index is -0.189. The molecule has 1 spiro atoms. The van der Waals surface area contributed by atoms with Crippen molar-refractivity contribution < 1.29 is 9.53 Å². The quantitative estimate of drug-likeness (QED) is 0.844. The van der Waals surface area contributed by atoms with Crippen LogP contribution in [0.1, 0.15) is 43.9 Å². The lowest BCUT2D eigenvalue weighted by atomic mass is 9.65. The SMILES string of the molecule is CC(C)Cn1ccc([C@@H]2NCC23CCN(C(=O)OCc2ccccc2)CC3)c1. The first kappa shape index (κ1) is 19.1. The highest BCUT2D eigenvalue weighted by Crippen LogP contribution is 2.48. The zero-order chi connectivity index (χ0) is 19.6. The van der Waals surface area contributed by atoms with Crippen LogP contribution in [0.25, 0.3) is 0 Å². The highest BCUT2D eigenvalue weighted by atomic mass is 16.6. The molecule has 5 nitrogen and oxygen atoms in total. The fraction of sp³-hybridized carbons (Fsp3) is 0.522. The summed E-state index contributed by atoms with van der Waals surface area (Å²) in [6, 6.07) is 12.5. The smallest absolute Gasteiger partial charge is 0.410 e. The summed E-state index contributed by atoms with van der Waals surface area (Å²) in [5.41, 5.74) is 2.69. The van der Waals surface area contributed by atoms with E-state index in [2.05, 4.69) is 42.2 Å². The third kappa shape index (κ3) is 3.95. The van der Waals surface area contributed by atoms with Gasteiger partial charge < -0.3 is 19.5 Å². The van der Waals surface area contributed by atoms with Crippen molar-refractivity contribution in [3.05, 3.63) is 59.9 Å². The second kappa shape index (κ2) is 8.00. The van der Waals surface area contributed by atoms with Crippen LogP contribution in [0.5, 0.6) is 0 Å². The van der Waals surface area contributed by atoms with Crippen molar-refractivity contribution in [1.82, 2.24) is 14.8 Å². The monoisotopic (exact) mass is 381 g/mol. The first-order valence-corrected chi connectivity index (χ1v) is 10.4. The van der Waals surface area contributed by atoms with Gasteiger partial charge in [-0.2, -0.15) is 0 Å². The van der Waals surface area contributed by atoms with Crippen LogP contribution in [-0.4, -0.2) is 35.2 Å². The predicted octanol–water partition coefficient (Wildman–Crippen LogP) is 4.21. The molecule has 4 rings (SSSR count). The number of rotatable bonds is 5. The molecular formula is C23H31N3O2. The summed E-state index contributed by atoms with van der Waals surface area (Å²) in [4.78, 5) is 14.3. The molecule has 1 aromatic heterocycles. The summed E-state index contributed by atoms with van der Waals surface area (Å²) in [6.07, 6.45) is 6.35. The van der Waals surface area contributed by atoms with Crippen LogP contribution in [0.4, 0.5) is 4.79 Å². The lowest BCUT2D eigenvalue weighted by Crippen LogP contribution is -2.60. The second-order valence-electron chi connectivity index (χ2n) is 8.74. The largest absolute Gasteiger partial charge is 0.445 e. The molecule has 2 aliphatic heterocycles. The Labute approximate surface area is 167 Å². The fourth-order valence-electron chi connectivity index (χ4n) is 4.54. The van der Waals surface area contributed by atoms with Gasteiger partial charge >= 0.3 is 6.09 Å². The number of nitrogens with one attached hydrogen (secondary N) is 1. The maximum Gasteiger partial charge on any atom is 0.410 e. The van der Waals surface area contributed by atoms with Crippen molar-refractivity contribution in [1.29, 1.82) is 0 Å². The Morgan fingerprint density at radius 1 is 1.21 bits per heavy atom. The summed E-state index contributed by atoms with van der Waals surface area (Å²) in [5, 5.41) is 3.63. The number of piperidine rings is 1. The van der Waals surface area contributed by atoms with Crippen molar-refractivity contribution in [2.24, 2.45) is 11.3 Å². The Hall–Kier alpha value is -2.27. The number of hydrogen-bond donors (Lipinski definition) is 1. The van der Waals surface area contributed by atoms with E-state index in [4.69, 9.17) is 4.74 Å². The zero-order valence-electron chi connectivity index (χ0n) is 16.9. The number of ether oxygens (including phenoxy) is 1. The van der Waals surface area contributed by atoms with Gasteiger partial charge in [-0.15, -0.1) is 0 Å². The number of likely N-dealkylation sites (tertiary alicyclic amines) is 1. The number of carbonyl (C=O) groups excluding carboxylic acids is 1. The Morgan fingerprint density at radius 2 is 1.96 bits per heavy atom. The molecule has 3 heterocycles. The first-order chi connectivity index (χ1) is 13.6. The van der Waals surface area contributed by atoms with Crippen LogP contribution in [0, 0.1) is 11.3 Å². The van der Waals surface area contributed by atoms with Crippen molar-refractivity contribution in [2.75, 3.05) is 19.6 Å². The molecule has 1 N–H and O–H groups in total. The van der Waals surface area contributed by atoms with Gasteiger partial charge in [-0.25, -0.2) is 4.79 Å². The average molecular weight is 382 g/mol. The van der Waals surface area contributed by atoms with Crippen LogP contribution in [-0.2, 0) is 17.9 Å². The van der Waals surface area contributed by atoms with Crippen LogP contribution >= 0.6 is 0 Å². The summed E-state index contributed by atoms with van der Waals surface area (Å²) >= 11 is 0. The van der Waals surface area contributed by atoms with E-state index in [0.29, 0.717) is 18.6 Å². The van der Waals surface area contributed by atoms with Gasteiger partial charge in [0, 0.05) is 50.0 Å². The molecule has 0 aliphatic carbocycles. The van der Waals surface area contributed by atoms with Crippen molar-refractivity contribution >= 4 is 6.09 Å². The normalized spacial score (nSPS) is 21.0. The van der Waals surface area contributed by atoms with Crippen LogP contribution in [0.2, 0.25) is 0 Å². The Balaban J connectivity index is 1.30. The number of nitrogens with zero attached hydrogens (tertiary/aromatic N) is 2. The molecule has 0 bridgehead atoms. The minimum Gasteiger partial charge on any atom is -0.445 e. The molecule has 5 heteroatoms. The molecule has 2 aliphatic rings. The lowest BCUT2D eigenvalue weighted by Gasteiger charge is -2.54. The maximum atomic E-state index is 12.4. The molecule has 28 heavy (non-hydrogen) atoms. The van der Waals surface area contributed by atoms with E-state index in [0.717, 1.165) is 44.6 Å². The molecule has 0 saturated carbocycles. The highest BCUT2D eigenvalue weighted by molar-refractivity contribution is 5.67. The molecule has 0 unspecified atom stereocenters. The molecule has 150 valence electrons. The molecule has 1 amide bonds. The summed E-state index contributed by atoms with van der Waals surface area (Å²) in [7, 11) is 0. The van der Waals surface area contributed by atoms with Gasteiger partial charge in [0.05, 0.1) is 0 Å². The Morgan fingerprint density at radius 3 is 2.61 bits per heavy atom. The molecule has 2 saturated heterocycles. The van der Waals surface area contributed by atoms with Gasteiger partial charge in [0.2, 0.25) is 0 Å². The standard InChI is InChI=1S/C23H31N3O2/c1-18(2)14-25-11-8-20(15-25)21-23(17-24-21)9-12-26(13-10-23)22(27)28-16-19-6-4-3-5-7-19/h3-8,11,15,18,21,24H,9-10,12-14,16-17H2,1-2H3/t21-/m0/s1. The first-order valence-electron chi connectivity index (χ1n) is 10.4. The van der Waals surface area contributed by atoms with Gasteiger partial charge in [0.15, 0.2) is 0 Å². The van der Waals surface area contributed by atoms with E-state index in [1.165, 1.54) is 5.56 Å². The van der Waals surface area contributed by atoms with Crippen molar-refractivity contribution in [3.8, 4) is 0 Å². The summed E-state index contributed by atoms with van der Waals surface area (Å²) in [6.45, 7) is 8.48. The zero-order valence-corrected chi connectivity index (χ0v) is 16.9. The summed E-state index contributed by atoms with van der Waals surface area (Å²) < 4.78 is 7.80. The van der Waals surface area contributed by atoms with E-state index in [-0.39, 0.29) is 11.5 Å². The van der Waals surface area contributed by atoms with Gasteiger partial charge in [0.25, 0.3) is 0 Å². The average Bonchev–Trinajstić information content (AvgIpc) is 3.12. The molecule has 2 aromatic rings. The van der Waals surface area contributed by atoms with Gasteiger partial charge in [-0.1, -0.05) is 44.2 Å². The van der Waals surface area contributed by atoms with E-state index < -0.39 is 0 Å². The van der Waals surface area contributed by atoms with Crippen LogP contribution in [0.3, 0.4) is 0 Å². The van der Waals surface area contributed by atoms with Gasteiger partial charge in [0.1, 0.15) is 6.61 Å². The molecule has 2 fully saturated rings. The number of hydrogen-bond acceptors (Lipinski definition) is 3. The Kier molecular flexibility index (Phi) is 5.44. The molecule has 0 radical (unpaired) electrons. The van der Waals surface area contributed by atoms with Crippen molar-refractivity contribution in [2.45, 2.75) is 45.9 Å². The van der Waals surface area contributed by atoms with Crippen molar-refractivity contribution in [3.63, 3.8) is 0 Å².